The first kappa shape index (κ1) is 12.7. The third-order valence-electron chi connectivity index (χ3n) is 3.07. The van der Waals surface area contributed by atoms with Crippen molar-refractivity contribution in [3.8, 4) is 0 Å². The molecule has 1 aromatic carbocycles. The molecule has 0 aliphatic rings. The van der Waals surface area contributed by atoms with E-state index in [1.165, 1.54) is 4.88 Å². The lowest BCUT2D eigenvalue weighted by Crippen LogP contribution is -2.16. The molecule has 0 aliphatic carbocycles. The maximum atomic E-state index is 11.3. The van der Waals surface area contributed by atoms with E-state index in [0.29, 0.717) is 0 Å². The van der Waals surface area contributed by atoms with Gasteiger partial charge in [0.1, 0.15) is 0 Å². The number of nitrogens with one attached hydrogen (secondary N) is 3. The van der Waals surface area contributed by atoms with Crippen LogP contribution in [0.25, 0.3) is 11.0 Å². The average molecular weight is 338 g/mol. The van der Waals surface area contributed by atoms with Crippen molar-refractivity contribution < 1.29 is 0 Å². The van der Waals surface area contributed by atoms with Crippen LogP contribution < -0.4 is 11.0 Å². The number of benzene rings is 1. The van der Waals surface area contributed by atoms with Gasteiger partial charge >= 0.3 is 5.69 Å². The van der Waals surface area contributed by atoms with Gasteiger partial charge in [0.25, 0.3) is 0 Å². The van der Waals surface area contributed by atoms with Gasteiger partial charge in [-0.1, -0.05) is 6.07 Å². The van der Waals surface area contributed by atoms with Crippen LogP contribution in [0.2, 0.25) is 0 Å². The van der Waals surface area contributed by atoms with Gasteiger partial charge in [0.05, 0.1) is 17.1 Å². The van der Waals surface area contributed by atoms with Crippen LogP contribution in [-0.4, -0.2) is 17.0 Å². The number of thiophene rings is 1. The van der Waals surface area contributed by atoms with Crippen LogP contribution in [0.3, 0.4) is 0 Å². The third kappa shape index (κ3) is 2.27. The summed E-state index contributed by atoms with van der Waals surface area (Å²) in [5, 5.41) is 5.37. The first-order valence-corrected chi connectivity index (χ1v) is 7.48. The summed E-state index contributed by atoms with van der Waals surface area (Å²) < 4.78 is 1.10. The molecule has 3 aromatic rings. The number of hydrogen-bond acceptors (Lipinski definition) is 3. The lowest BCUT2D eigenvalue weighted by atomic mass is 10.0. The fraction of sp³-hybridized carbons (Fsp3) is 0.154. The molecule has 1 atom stereocenters. The zero-order chi connectivity index (χ0) is 13.4. The van der Waals surface area contributed by atoms with Crippen molar-refractivity contribution in [1.29, 1.82) is 0 Å². The zero-order valence-electron chi connectivity index (χ0n) is 10.2. The van der Waals surface area contributed by atoms with E-state index in [0.717, 1.165) is 21.1 Å². The van der Waals surface area contributed by atoms with Gasteiger partial charge in [-0.05, 0) is 52.1 Å². The average Bonchev–Trinajstić information content (AvgIpc) is 2.95. The summed E-state index contributed by atoms with van der Waals surface area (Å²) in [5.41, 5.74) is 2.60. The second-order valence-electron chi connectivity index (χ2n) is 4.24. The Kier molecular flexibility index (Phi) is 3.30. The molecule has 0 radical (unpaired) electrons. The molecule has 2 aromatic heterocycles. The van der Waals surface area contributed by atoms with Gasteiger partial charge in [0.2, 0.25) is 0 Å². The second-order valence-corrected chi connectivity index (χ2v) is 6.04. The highest BCUT2D eigenvalue weighted by atomic mass is 79.9. The number of rotatable bonds is 3. The van der Waals surface area contributed by atoms with Gasteiger partial charge in [-0.15, -0.1) is 11.3 Å². The molecule has 0 spiro atoms. The maximum absolute atomic E-state index is 11.3. The Balaban J connectivity index is 2.11. The van der Waals surface area contributed by atoms with Crippen LogP contribution in [0.1, 0.15) is 16.5 Å². The smallest absolute Gasteiger partial charge is 0.309 e. The van der Waals surface area contributed by atoms with Gasteiger partial charge in [-0.25, -0.2) is 4.79 Å². The highest BCUT2D eigenvalue weighted by Crippen LogP contribution is 2.33. The highest BCUT2D eigenvalue weighted by Gasteiger charge is 2.16. The number of H-pyrrole nitrogens is 2. The van der Waals surface area contributed by atoms with E-state index in [4.69, 9.17) is 0 Å². The Morgan fingerprint density at radius 1 is 1.26 bits per heavy atom. The molecule has 3 rings (SSSR count). The molecule has 0 fully saturated rings. The summed E-state index contributed by atoms with van der Waals surface area (Å²) in [7, 11) is 1.93. The van der Waals surface area contributed by atoms with Crippen LogP contribution in [0.4, 0.5) is 0 Å². The lowest BCUT2D eigenvalue weighted by molar-refractivity contribution is 0.702. The van der Waals surface area contributed by atoms with E-state index < -0.39 is 0 Å². The first-order chi connectivity index (χ1) is 9.19. The van der Waals surface area contributed by atoms with Crippen molar-refractivity contribution in [1.82, 2.24) is 15.3 Å². The van der Waals surface area contributed by atoms with Crippen molar-refractivity contribution >= 4 is 38.3 Å². The number of halogens is 1. The van der Waals surface area contributed by atoms with Crippen molar-refractivity contribution in [3.05, 3.63) is 55.0 Å². The molecular weight excluding hydrogens is 326 g/mol. The van der Waals surface area contributed by atoms with Crippen molar-refractivity contribution in [2.45, 2.75) is 6.04 Å². The summed E-state index contributed by atoms with van der Waals surface area (Å²) in [4.78, 5) is 18.1. The van der Waals surface area contributed by atoms with E-state index in [1.807, 2.05) is 31.3 Å². The Morgan fingerprint density at radius 3 is 2.74 bits per heavy atom. The molecule has 0 aliphatic heterocycles. The molecule has 0 saturated heterocycles. The second kappa shape index (κ2) is 4.96. The molecule has 0 amide bonds. The zero-order valence-corrected chi connectivity index (χ0v) is 12.6. The van der Waals surface area contributed by atoms with E-state index in [2.05, 4.69) is 36.6 Å². The molecule has 4 nitrogen and oxygen atoms in total. The number of hydrogen-bond donors (Lipinski definition) is 3. The van der Waals surface area contributed by atoms with Gasteiger partial charge in [-0.3, -0.25) is 0 Å². The summed E-state index contributed by atoms with van der Waals surface area (Å²) in [6.45, 7) is 0. The van der Waals surface area contributed by atoms with Gasteiger partial charge in [0, 0.05) is 9.35 Å². The number of imidazole rings is 1. The molecule has 6 heteroatoms. The summed E-state index contributed by atoms with van der Waals surface area (Å²) in [6, 6.07) is 8.10. The Labute approximate surface area is 122 Å². The molecule has 1 unspecified atom stereocenters. The van der Waals surface area contributed by atoms with Crippen LogP contribution in [0.5, 0.6) is 0 Å². The molecule has 3 N–H and O–H groups in total. The molecule has 0 saturated carbocycles. The number of fused-ring (bicyclic) bond motifs is 1. The van der Waals surface area contributed by atoms with E-state index >= 15 is 0 Å². The van der Waals surface area contributed by atoms with Crippen molar-refractivity contribution in [2.75, 3.05) is 7.05 Å². The Bertz CT molecular complexity index is 773. The fourth-order valence-electron chi connectivity index (χ4n) is 2.19. The van der Waals surface area contributed by atoms with E-state index in [1.54, 1.807) is 11.3 Å². The molecule has 98 valence electrons. The maximum Gasteiger partial charge on any atom is 0.323 e. The van der Waals surface area contributed by atoms with E-state index in [-0.39, 0.29) is 11.7 Å². The minimum absolute atomic E-state index is 0.108. The SMILES string of the molecule is CNC(c1ccc2[nH]c(=O)[nH]c2c1)c1sccc1Br. The lowest BCUT2D eigenvalue weighted by Gasteiger charge is -2.16. The molecule has 19 heavy (non-hydrogen) atoms. The summed E-state index contributed by atoms with van der Waals surface area (Å²) in [6.07, 6.45) is 0. The predicted molar refractivity (Wildman–Crippen MR) is 81.8 cm³/mol. The summed E-state index contributed by atoms with van der Waals surface area (Å²) in [5.74, 6) is 0. The topological polar surface area (TPSA) is 60.7 Å². The first-order valence-electron chi connectivity index (χ1n) is 5.81. The fourth-order valence-corrected chi connectivity index (χ4v) is 3.93. The quantitative estimate of drug-likeness (QED) is 0.688. The molecule has 2 heterocycles. The third-order valence-corrected chi connectivity index (χ3v) is 5.00. The number of aromatic nitrogens is 2. The minimum Gasteiger partial charge on any atom is -0.309 e. The van der Waals surface area contributed by atoms with Gasteiger partial charge < -0.3 is 15.3 Å². The predicted octanol–water partition coefficient (Wildman–Crippen LogP) is 2.99. The summed E-state index contributed by atoms with van der Waals surface area (Å²) >= 11 is 5.26. The van der Waals surface area contributed by atoms with Crippen LogP contribution in [0.15, 0.2) is 38.9 Å². The Morgan fingerprint density at radius 2 is 2.05 bits per heavy atom. The van der Waals surface area contributed by atoms with Crippen molar-refractivity contribution in [3.63, 3.8) is 0 Å². The van der Waals surface area contributed by atoms with Crippen LogP contribution in [-0.2, 0) is 0 Å². The monoisotopic (exact) mass is 337 g/mol. The Hall–Kier alpha value is -1.37. The molecule has 0 bridgehead atoms. The largest absolute Gasteiger partial charge is 0.323 e. The minimum atomic E-state index is -0.175. The standard InChI is InChI=1S/C13H12BrN3OS/c1-15-11(12-8(14)4-5-19-12)7-2-3-9-10(6-7)17-13(18)16-9/h2-6,11,15H,1H3,(H2,16,17,18). The normalized spacial score (nSPS) is 12.9. The van der Waals surface area contributed by atoms with Crippen molar-refractivity contribution in [2.24, 2.45) is 0 Å². The molecular formula is C13H12BrN3OS. The van der Waals surface area contributed by atoms with Gasteiger partial charge in [-0.2, -0.15) is 0 Å². The van der Waals surface area contributed by atoms with Crippen LogP contribution in [0, 0.1) is 0 Å². The van der Waals surface area contributed by atoms with E-state index in [9.17, 15) is 4.79 Å². The number of aromatic amines is 2. The highest BCUT2D eigenvalue weighted by molar-refractivity contribution is 9.10. The van der Waals surface area contributed by atoms with Crippen LogP contribution >= 0.6 is 27.3 Å². The van der Waals surface area contributed by atoms with Gasteiger partial charge in [0.15, 0.2) is 0 Å².